The number of aliphatic carboxylic acids is 1. The highest BCUT2D eigenvalue weighted by Gasteiger charge is 2.27. The molecular formula is C18H25NO2. The zero-order chi connectivity index (χ0) is 14.7. The zero-order valence-electron chi connectivity index (χ0n) is 12.6. The van der Waals surface area contributed by atoms with E-state index in [0.717, 1.165) is 19.0 Å². The number of likely N-dealkylation sites (tertiary alicyclic amines) is 1. The average Bonchev–Trinajstić information content (AvgIpc) is 3.31. The third-order valence-corrected chi connectivity index (χ3v) is 4.79. The number of hydrogen-bond acceptors (Lipinski definition) is 2. The summed E-state index contributed by atoms with van der Waals surface area (Å²) in [6.45, 7) is 2.07. The lowest BCUT2D eigenvalue weighted by Gasteiger charge is -2.30. The van der Waals surface area contributed by atoms with Crippen molar-refractivity contribution in [2.24, 2.45) is 0 Å². The van der Waals surface area contributed by atoms with Crippen molar-refractivity contribution in [3.8, 4) is 0 Å². The van der Waals surface area contributed by atoms with Gasteiger partial charge in [-0.3, -0.25) is 9.69 Å². The minimum atomic E-state index is -0.693. The van der Waals surface area contributed by atoms with Crippen molar-refractivity contribution in [2.45, 2.75) is 56.9 Å². The number of hydrogen-bond donors (Lipinski definition) is 1. The molecule has 114 valence electrons. The zero-order valence-corrected chi connectivity index (χ0v) is 12.6. The van der Waals surface area contributed by atoms with E-state index in [2.05, 4.69) is 29.2 Å². The third-order valence-electron chi connectivity index (χ3n) is 4.79. The fourth-order valence-electron chi connectivity index (χ4n) is 3.47. The highest BCUT2D eigenvalue weighted by atomic mass is 16.4. The summed E-state index contributed by atoms with van der Waals surface area (Å²) in [5, 5.41) is 9.31. The van der Waals surface area contributed by atoms with Gasteiger partial charge in [0.2, 0.25) is 0 Å². The largest absolute Gasteiger partial charge is 0.481 e. The van der Waals surface area contributed by atoms with Crippen LogP contribution in [0.25, 0.3) is 0 Å². The third kappa shape index (κ3) is 3.85. The van der Waals surface area contributed by atoms with Crippen LogP contribution in [0.3, 0.4) is 0 Å². The van der Waals surface area contributed by atoms with Crippen LogP contribution >= 0.6 is 0 Å². The van der Waals surface area contributed by atoms with Gasteiger partial charge in [-0.25, -0.2) is 0 Å². The van der Waals surface area contributed by atoms with Crippen LogP contribution in [0.2, 0.25) is 0 Å². The Morgan fingerprint density at radius 1 is 1.19 bits per heavy atom. The smallest absolute Gasteiger partial charge is 0.305 e. The van der Waals surface area contributed by atoms with Crippen LogP contribution in [0.5, 0.6) is 0 Å². The van der Waals surface area contributed by atoms with Gasteiger partial charge in [-0.15, -0.1) is 0 Å². The first kappa shape index (κ1) is 14.6. The molecule has 0 radical (unpaired) electrons. The van der Waals surface area contributed by atoms with E-state index in [0.29, 0.717) is 0 Å². The Morgan fingerprint density at radius 3 is 2.52 bits per heavy atom. The molecule has 0 aromatic heterocycles. The minimum Gasteiger partial charge on any atom is -0.481 e. The molecule has 1 aliphatic carbocycles. The standard InChI is InChI=1S/C18H25NO2/c20-18(21)13-17(19-10-3-1-2-4-11-19)16-7-5-6-15(12-16)14-8-9-14/h5-7,12,14,17H,1-4,8-11,13H2,(H,20,21). The summed E-state index contributed by atoms with van der Waals surface area (Å²) >= 11 is 0. The molecule has 1 aromatic rings. The topological polar surface area (TPSA) is 40.5 Å². The summed E-state index contributed by atoms with van der Waals surface area (Å²) in [6.07, 6.45) is 7.73. The Balaban J connectivity index is 1.82. The highest BCUT2D eigenvalue weighted by molar-refractivity contribution is 5.68. The second kappa shape index (κ2) is 6.61. The maximum absolute atomic E-state index is 11.3. The van der Waals surface area contributed by atoms with Crippen molar-refractivity contribution in [1.82, 2.24) is 4.90 Å². The second-order valence-corrected chi connectivity index (χ2v) is 6.51. The predicted molar refractivity (Wildman–Crippen MR) is 83.5 cm³/mol. The molecule has 3 heteroatoms. The van der Waals surface area contributed by atoms with Crippen molar-refractivity contribution in [1.29, 1.82) is 0 Å². The molecule has 1 N–H and O–H groups in total. The molecule has 1 aliphatic heterocycles. The van der Waals surface area contributed by atoms with Crippen molar-refractivity contribution in [3.05, 3.63) is 35.4 Å². The highest BCUT2D eigenvalue weighted by Crippen LogP contribution is 2.41. The normalized spacial score (nSPS) is 21.7. The minimum absolute atomic E-state index is 0.0410. The molecular weight excluding hydrogens is 262 g/mol. The van der Waals surface area contributed by atoms with Crippen LogP contribution in [0.1, 0.15) is 68.0 Å². The molecule has 0 bridgehead atoms. The SMILES string of the molecule is O=C(O)CC(c1cccc(C2CC2)c1)N1CCCCCC1. The van der Waals surface area contributed by atoms with E-state index >= 15 is 0 Å². The van der Waals surface area contributed by atoms with Gasteiger partial charge in [-0.05, 0) is 55.8 Å². The van der Waals surface area contributed by atoms with E-state index in [4.69, 9.17) is 0 Å². The average molecular weight is 287 g/mol. The molecule has 1 unspecified atom stereocenters. The van der Waals surface area contributed by atoms with Gasteiger partial charge in [-0.1, -0.05) is 37.1 Å². The monoisotopic (exact) mass is 287 g/mol. The van der Waals surface area contributed by atoms with E-state index < -0.39 is 5.97 Å². The Labute approximate surface area is 127 Å². The van der Waals surface area contributed by atoms with Crippen molar-refractivity contribution >= 4 is 5.97 Å². The van der Waals surface area contributed by atoms with Crippen LogP contribution in [-0.4, -0.2) is 29.1 Å². The van der Waals surface area contributed by atoms with E-state index in [-0.39, 0.29) is 12.5 Å². The summed E-state index contributed by atoms with van der Waals surface area (Å²) in [6, 6.07) is 8.72. The van der Waals surface area contributed by atoms with Crippen molar-refractivity contribution in [2.75, 3.05) is 13.1 Å². The van der Waals surface area contributed by atoms with Gasteiger partial charge in [0.1, 0.15) is 0 Å². The molecule has 1 saturated carbocycles. The molecule has 1 heterocycles. The number of rotatable bonds is 5. The fraction of sp³-hybridized carbons (Fsp3) is 0.611. The number of benzene rings is 1. The molecule has 3 rings (SSSR count). The van der Waals surface area contributed by atoms with Crippen LogP contribution in [0.4, 0.5) is 0 Å². The van der Waals surface area contributed by atoms with Gasteiger partial charge in [0.15, 0.2) is 0 Å². The summed E-state index contributed by atoms with van der Waals surface area (Å²) in [5.41, 5.74) is 2.60. The summed E-state index contributed by atoms with van der Waals surface area (Å²) in [7, 11) is 0. The summed E-state index contributed by atoms with van der Waals surface area (Å²) < 4.78 is 0. The van der Waals surface area contributed by atoms with E-state index in [1.807, 2.05) is 0 Å². The van der Waals surface area contributed by atoms with Gasteiger partial charge in [0.05, 0.1) is 6.42 Å². The van der Waals surface area contributed by atoms with Crippen molar-refractivity contribution < 1.29 is 9.90 Å². The lowest BCUT2D eigenvalue weighted by molar-refractivity contribution is -0.138. The van der Waals surface area contributed by atoms with Gasteiger partial charge >= 0.3 is 5.97 Å². The second-order valence-electron chi connectivity index (χ2n) is 6.51. The maximum Gasteiger partial charge on any atom is 0.305 e. The number of nitrogens with zero attached hydrogens (tertiary/aromatic N) is 1. The number of carbonyl (C=O) groups is 1. The molecule has 1 atom stereocenters. The molecule has 0 spiro atoms. The van der Waals surface area contributed by atoms with Gasteiger partial charge in [-0.2, -0.15) is 0 Å². The maximum atomic E-state index is 11.3. The quantitative estimate of drug-likeness (QED) is 0.891. The predicted octanol–water partition coefficient (Wildman–Crippen LogP) is 3.96. The first-order valence-corrected chi connectivity index (χ1v) is 8.30. The van der Waals surface area contributed by atoms with Gasteiger partial charge in [0.25, 0.3) is 0 Å². The lowest BCUT2D eigenvalue weighted by atomic mass is 9.98. The molecule has 2 fully saturated rings. The molecule has 3 nitrogen and oxygen atoms in total. The van der Waals surface area contributed by atoms with Crippen LogP contribution in [0.15, 0.2) is 24.3 Å². The Bertz CT molecular complexity index is 488. The Kier molecular flexibility index (Phi) is 4.59. The Hall–Kier alpha value is -1.35. The molecule has 1 aromatic carbocycles. The Morgan fingerprint density at radius 2 is 1.90 bits per heavy atom. The lowest BCUT2D eigenvalue weighted by Crippen LogP contribution is -2.31. The van der Waals surface area contributed by atoms with Crippen LogP contribution in [0, 0.1) is 0 Å². The van der Waals surface area contributed by atoms with Crippen LogP contribution in [-0.2, 0) is 4.79 Å². The number of carboxylic acids is 1. The molecule has 0 amide bonds. The van der Waals surface area contributed by atoms with Crippen LogP contribution < -0.4 is 0 Å². The van der Waals surface area contributed by atoms with E-state index in [1.54, 1.807) is 0 Å². The summed E-state index contributed by atoms with van der Waals surface area (Å²) in [4.78, 5) is 13.7. The van der Waals surface area contributed by atoms with E-state index in [1.165, 1.54) is 49.7 Å². The van der Waals surface area contributed by atoms with Crippen molar-refractivity contribution in [3.63, 3.8) is 0 Å². The first-order chi connectivity index (χ1) is 10.2. The summed E-state index contributed by atoms with van der Waals surface area (Å²) in [5.74, 6) is 0.0284. The first-order valence-electron chi connectivity index (χ1n) is 8.30. The van der Waals surface area contributed by atoms with E-state index in [9.17, 15) is 9.90 Å². The fourth-order valence-corrected chi connectivity index (χ4v) is 3.47. The molecule has 21 heavy (non-hydrogen) atoms. The molecule has 1 saturated heterocycles. The number of carboxylic acid groups (broad SMARTS) is 1. The van der Waals surface area contributed by atoms with Gasteiger partial charge < -0.3 is 5.11 Å². The molecule has 2 aliphatic rings. The van der Waals surface area contributed by atoms with Gasteiger partial charge in [0, 0.05) is 6.04 Å².